The van der Waals surface area contributed by atoms with Gasteiger partial charge < -0.3 is 15.0 Å². The Kier molecular flexibility index (Phi) is 5.96. The Morgan fingerprint density at radius 3 is 2.66 bits per heavy atom. The fraction of sp³-hybridized carbons (Fsp3) is 0.391. The summed E-state index contributed by atoms with van der Waals surface area (Å²) in [7, 11) is -3.96. The second kappa shape index (κ2) is 8.55. The SMILES string of the molecule is CCN(C(=O)[C@H]1CCCN1S(=O)(=O)c1cc2c(cc1C)NC(=O)[C@@H](C)O2)c1ccccc1. The molecule has 2 aliphatic rings. The number of hydrogen-bond donors (Lipinski definition) is 1. The van der Waals surface area contributed by atoms with Crippen LogP contribution in [0.2, 0.25) is 0 Å². The molecule has 0 radical (unpaired) electrons. The third-order valence-corrected chi connectivity index (χ3v) is 7.98. The molecule has 0 unspecified atom stereocenters. The lowest BCUT2D eigenvalue weighted by Crippen LogP contribution is -2.48. The lowest BCUT2D eigenvalue weighted by molar-refractivity contribution is -0.123. The Morgan fingerprint density at radius 2 is 1.97 bits per heavy atom. The van der Waals surface area contributed by atoms with Gasteiger partial charge in [0.1, 0.15) is 11.8 Å². The van der Waals surface area contributed by atoms with Crippen LogP contribution in [0.15, 0.2) is 47.4 Å². The van der Waals surface area contributed by atoms with Crippen molar-refractivity contribution in [3.8, 4) is 5.75 Å². The first-order chi connectivity index (χ1) is 15.2. The highest BCUT2D eigenvalue weighted by Gasteiger charge is 2.42. The van der Waals surface area contributed by atoms with Crippen molar-refractivity contribution in [3.63, 3.8) is 0 Å². The average molecular weight is 458 g/mol. The molecule has 32 heavy (non-hydrogen) atoms. The van der Waals surface area contributed by atoms with Crippen LogP contribution in [0.3, 0.4) is 0 Å². The number of amides is 2. The molecule has 1 N–H and O–H groups in total. The van der Waals surface area contributed by atoms with Crippen LogP contribution in [0.1, 0.15) is 32.3 Å². The zero-order chi connectivity index (χ0) is 23.0. The smallest absolute Gasteiger partial charge is 0.265 e. The van der Waals surface area contributed by atoms with Crippen LogP contribution in [-0.4, -0.2) is 49.8 Å². The molecular weight excluding hydrogens is 430 g/mol. The molecule has 2 amide bonds. The normalized spacial score (nSPS) is 20.9. The molecule has 2 aliphatic heterocycles. The predicted molar refractivity (Wildman–Crippen MR) is 121 cm³/mol. The summed E-state index contributed by atoms with van der Waals surface area (Å²) >= 11 is 0. The second-order valence-corrected chi connectivity index (χ2v) is 9.91. The Bertz CT molecular complexity index is 1150. The van der Waals surface area contributed by atoms with Gasteiger partial charge in [-0.15, -0.1) is 0 Å². The number of anilines is 2. The molecule has 2 aromatic carbocycles. The van der Waals surface area contributed by atoms with Gasteiger partial charge in [-0.2, -0.15) is 4.31 Å². The summed E-state index contributed by atoms with van der Waals surface area (Å²) in [6, 6.07) is 11.5. The summed E-state index contributed by atoms with van der Waals surface area (Å²) in [4.78, 5) is 27.0. The zero-order valence-electron chi connectivity index (χ0n) is 18.4. The summed E-state index contributed by atoms with van der Waals surface area (Å²) in [6.45, 7) is 5.86. The molecule has 0 saturated carbocycles. The van der Waals surface area contributed by atoms with Crippen LogP contribution >= 0.6 is 0 Å². The maximum Gasteiger partial charge on any atom is 0.265 e. The number of ether oxygens (including phenoxy) is 1. The third-order valence-electron chi connectivity index (χ3n) is 5.93. The van der Waals surface area contributed by atoms with Gasteiger partial charge in [0.15, 0.2) is 6.10 Å². The van der Waals surface area contributed by atoms with Crippen molar-refractivity contribution < 1.29 is 22.7 Å². The molecule has 170 valence electrons. The second-order valence-electron chi connectivity index (χ2n) is 8.06. The van der Waals surface area contributed by atoms with Gasteiger partial charge in [-0.3, -0.25) is 9.59 Å². The van der Waals surface area contributed by atoms with E-state index in [4.69, 9.17) is 4.74 Å². The molecule has 4 rings (SSSR count). The van der Waals surface area contributed by atoms with E-state index in [1.807, 2.05) is 37.3 Å². The van der Waals surface area contributed by atoms with E-state index in [9.17, 15) is 18.0 Å². The molecular formula is C23H27N3O5S. The van der Waals surface area contributed by atoms with Crippen LogP contribution in [0, 0.1) is 6.92 Å². The van der Waals surface area contributed by atoms with E-state index >= 15 is 0 Å². The van der Waals surface area contributed by atoms with E-state index in [1.54, 1.807) is 24.8 Å². The van der Waals surface area contributed by atoms with Gasteiger partial charge in [0.25, 0.3) is 5.91 Å². The number of sulfonamides is 1. The number of benzene rings is 2. The predicted octanol–water partition coefficient (Wildman–Crippen LogP) is 2.92. The molecule has 8 nitrogen and oxygen atoms in total. The number of nitrogens with zero attached hydrogens (tertiary/aromatic N) is 2. The summed E-state index contributed by atoms with van der Waals surface area (Å²) in [5.41, 5.74) is 1.67. The highest BCUT2D eigenvalue weighted by atomic mass is 32.2. The number of hydrogen-bond acceptors (Lipinski definition) is 5. The fourth-order valence-corrected chi connectivity index (χ4v) is 6.15. The van der Waals surface area contributed by atoms with Crippen molar-refractivity contribution in [3.05, 3.63) is 48.0 Å². The minimum Gasteiger partial charge on any atom is -0.479 e. The Labute approximate surface area is 188 Å². The topological polar surface area (TPSA) is 96.0 Å². The van der Waals surface area contributed by atoms with Crippen LogP contribution in [0.25, 0.3) is 0 Å². The summed E-state index contributed by atoms with van der Waals surface area (Å²) < 4.78 is 34.2. The Morgan fingerprint density at radius 1 is 1.25 bits per heavy atom. The maximum atomic E-state index is 13.7. The Hall–Kier alpha value is -2.91. The van der Waals surface area contributed by atoms with Gasteiger partial charge in [-0.05, 0) is 57.4 Å². The minimum absolute atomic E-state index is 0.0852. The number of carbonyl (C=O) groups excluding carboxylic acids is 2. The highest BCUT2D eigenvalue weighted by Crippen LogP contribution is 2.37. The molecule has 0 aromatic heterocycles. The first-order valence-corrected chi connectivity index (χ1v) is 12.2. The number of nitrogens with one attached hydrogen (secondary N) is 1. The summed E-state index contributed by atoms with van der Waals surface area (Å²) in [5.74, 6) is -0.200. The van der Waals surface area contributed by atoms with Crippen molar-refractivity contribution in [2.75, 3.05) is 23.3 Å². The van der Waals surface area contributed by atoms with Crippen LogP contribution in [0.5, 0.6) is 5.75 Å². The van der Waals surface area contributed by atoms with Crippen molar-refractivity contribution in [2.45, 2.75) is 50.7 Å². The molecule has 0 bridgehead atoms. The molecule has 2 heterocycles. The van der Waals surface area contributed by atoms with E-state index in [-0.39, 0.29) is 23.3 Å². The quantitative estimate of drug-likeness (QED) is 0.745. The van der Waals surface area contributed by atoms with Crippen molar-refractivity contribution in [2.24, 2.45) is 0 Å². The number of likely N-dealkylation sites (N-methyl/N-ethyl adjacent to an activating group) is 1. The van der Waals surface area contributed by atoms with Crippen LogP contribution in [-0.2, 0) is 19.6 Å². The van der Waals surface area contributed by atoms with Crippen molar-refractivity contribution >= 4 is 33.2 Å². The first kappa shape index (κ1) is 22.3. The molecule has 0 spiro atoms. The zero-order valence-corrected chi connectivity index (χ0v) is 19.2. The van der Waals surface area contributed by atoms with Crippen LogP contribution < -0.4 is 15.0 Å². The largest absolute Gasteiger partial charge is 0.479 e. The molecule has 1 fully saturated rings. The Balaban J connectivity index is 1.67. The monoisotopic (exact) mass is 457 g/mol. The standard InChI is InChI=1S/C23H27N3O5S/c1-4-25(17-9-6-5-7-10-17)23(28)19-11-8-12-26(19)32(29,30)21-14-20-18(13-15(21)2)24-22(27)16(3)31-20/h5-7,9-10,13-14,16,19H,4,8,11-12H2,1-3H3,(H,24,27)/t16-,19-/m1/s1. The van der Waals surface area contributed by atoms with Crippen LogP contribution in [0.4, 0.5) is 11.4 Å². The number of fused-ring (bicyclic) bond motifs is 1. The number of aryl methyl sites for hydroxylation is 1. The molecule has 9 heteroatoms. The van der Waals surface area contributed by atoms with E-state index in [1.165, 1.54) is 10.4 Å². The van der Waals surface area contributed by atoms with Crippen molar-refractivity contribution in [1.82, 2.24) is 4.31 Å². The summed E-state index contributed by atoms with van der Waals surface area (Å²) in [6.07, 6.45) is 0.357. The van der Waals surface area contributed by atoms with Crippen molar-refractivity contribution in [1.29, 1.82) is 0 Å². The molecule has 1 saturated heterocycles. The molecule has 0 aliphatic carbocycles. The van der Waals surface area contributed by atoms with Gasteiger partial charge >= 0.3 is 0 Å². The van der Waals surface area contributed by atoms with E-state index in [0.717, 1.165) is 5.69 Å². The first-order valence-electron chi connectivity index (χ1n) is 10.7. The molecule has 2 aromatic rings. The maximum absolute atomic E-state index is 13.7. The number of rotatable bonds is 5. The number of para-hydroxylation sites is 1. The summed E-state index contributed by atoms with van der Waals surface area (Å²) in [5, 5.41) is 2.73. The van der Waals surface area contributed by atoms with E-state index in [2.05, 4.69) is 5.32 Å². The number of carbonyl (C=O) groups is 2. The van der Waals surface area contributed by atoms with Gasteiger partial charge in [-0.25, -0.2) is 8.42 Å². The van der Waals surface area contributed by atoms with Gasteiger partial charge in [0, 0.05) is 24.8 Å². The van der Waals surface area contributed by atoms with E-state index in [0.29, 0.717) is 36.4 Å². The van der Waals surface area contributed by atoms with Gasteiger partial charge in [-0.1, -0.05) is 18.2 Å². The molecule has 2 atom stereocenters. The van der Waals surface area contributed by atoms with Gasteiger partial charge in [0.05, 0.1) is 10.6 Å². The fourth-order valence-electron chi connectivity index (χ4n) is 4.28. The lowest BCUT2D eigenvalue weighted by atomic mass is 10.1. The lowest BCUT2D eigenvalue weighted by Gasteiger charge is -2.30. The van der Waals surface area contributed by atoms with Gasteiger partial charge in [0.2, 0.25) is 15.9 Å². The third kappa shape index (κ3) is 3.86. The highest BCUT2D eigenvalue weighted by molar-refractivity contribution is 7.89. The van der Waals surface area contributed by atoms with E-state index < -0.39 is 22.2 Å². The average Bonchev–Trinajstić information content (AvgIpc) is 3.27. The minimum atomic E-state index is -3.96.